The maximum Gasteiger partial charge on any atom is 0.326 e. The Bertz CT molecular complexity index is 1030. The molecule has 3 heterocycles. The van der Waals surface area contributed by atoms with Gasteiger partial charge in [0.15, 0.2) is 5.79 Å². The Hall–Kier alpha value is -2.82. The van der Waals surface area contributed by atoms with Crippen LogP contribution in [0.25, 0.3) is 0 Å². The first-order chi connectivity index (χ1) is 15.3. The maximum absolute atomic E-state index is 13.5. The van der Waals surface area contributed by atoms with Crippen molar-refractivity contribution in [2.45, 2.75) is 31.1 Å². The number of hydrogen-bond acceptors (Lipinski definition) is 6. The molecule has 0 aliphatic carbocycles. The number of hydrogen-bond donors (Lipinski definition) is 2. The quantitative estimate of drug-likeness (QED) is 0.682. The van der Waals surface area contributed by atoms with Crippen LogP contribution in [0, 0.1) is 5.82 Å². The maximum atomic E-state index is 13.5. The van der Waals surface area contributed by atoms with Crippen LogP contribution < -0.4 is 5.32 Å². The summed E-state index contributed by atoms with van der Waals surface area (Å²) in [6, 6.07) is 8.69. The standard InChI is InChI=1S/C22H23FN2O6S/c1-13(14-3-2-4-15(23)9-14)17-5-6-18(32-17)20(27)24-11-19(26)25-12-22(30-7-8-31-22)10-16(25)21(28)29/h2-6,9,13,16H,7-8,10-12H2,1H3,(H,24,27)(H,28,29)/t13?,16-/m0/s1. The van der Waals surface area contributed by atoms with E-state index in [0.717, 1.165) is 10.4 Å². The molecule has 10 heteroatoms. The van der Waals surface area contributed by atoms with Gasteiger partial charge in [-0.25, -0.2) is 9.18 Å². The number of rotatable bonds is 6. The van der Waals surface area contributed by atoms with Crippen LogP contribution >= 0.6 is 11.3 Å². The number of carboxylic acids is 1. The third-order valence-electron chi connectivity index (χ3n) is 5.74. The molecular weight excluding hydrogens is 439 g/mol. The molecule has 8 nitrogen and oxygen atoms in total. The summed E-state index contributed by atoms with van der Waals surface area (Å²) in [5.41, 5.74) is 0.799. The number of carbonyl (C=O) groups excluding carboxylic acids is 2. The fraction of sp³-hybridized carbons (Fsp3) is 0.409. The molecule has 2 saturated heterocycles. The third kappa shape index (κ3) is 4.52. The van der Waals surface area contributed by atoms with Gasteiger partial charge in [-0.2, -0.15) is 0 Å². The molecule has 1 unspecified atom stereocenters. The summed E-state index contributed by atoms with van der Waals surface area (Å²) in [4.78, 5) is 39.3. The lowest BCUT2D eigenvalue weighted by Crippen LogP contribution is -2.46. The third-order valence-corrected chi connectivity index (χ3v) is 7.00. The Labute approximate surface area is 187 Å². The number of carboxylic acid groups (broad SMARTS) is 1. The molecule has 4 rings (SSSR count). The molecule has 2 aliphatic rings. The Morgan fingerprint density at radius 1 is 1.28 bits per heavy atom. The normalized spacial score (nSPS) is 20.4. The lowest BCUT2D eigenvalue weighted by molar-refractivity contribution is -0.152. The Morgan fingerprint density at radius 3 is 2.72 bits per heavy atom. The Morgan fingerprint density at radius 2 is 2.03 bits per heavy atom. The second kappa shape index (κ2) is 8.97. The van der Waals surface area contributed by atoms with Crippen molar-refractivity contribution in [3.63, 3.8) is 0 Å². The van der Waals surface area contributed by atoms with E-state index in [-0.39, 0.29) is 31.2 Å². The summed E-state index contributed by atoms with van der Waals surface area (Å²) in [6.45, 7) is 2.28. The van der Waals surface area contributed by atoms with E-state index in [0.29, 0.717) is 18.1 Å². The molecule has 32 heavy (non-hydrogen) atoms. The number of nitrogens with zero attached hydrogens (tertiary/aromatic N) is 1. The van der Waals surface area contributed by atoms with E-state index < -0.39 is 29.6 Å². The first-order valence-corrected chi connectivity index (χ1v) is 11.0. The molecule has 2 atom stereocenters. The Kier molecular flexibility index (Phi) is 6.27. The second-order valence-corrected chi connectivity index (χ2v) is 8.96. The largest absolute Gasteiger partial charge is 0.480 e. The van der Waals surface area contributed by atoms with Crippen molar-refractivity contribution in [3.05, 3.63) is 57.5 Å². The van der Waals surface area contributed by atoms with E-state index >= 15 is 0 Å². The summed E-state index contributed by atoms with van der Waals surface area (Å²) in [7, 11) is 0. The van der Waals surface area contributed by atoms with Crippen molar-refractivity contribution in [2.75, 3.05) is 26.3 Å². The van der Waals surface area contributed by atoms with E-state index in [4.69, 9.17) is 9.47 Å². The molecule has 0 bridgehead atoms. The molecule has 1 spiro atoms. The summed E-state index contributed by atoms with van der Waals surface area (Å²) < 4.78 is 24.6. The predicted octanol–water partition coefficient (Wildman–Crippen LogP) is 2.20. The van der Waals surface area contributed by atoms with Gasteiger partial charge in [0.25, 0.3) is 5.91 Å². The molecule has 0 radical (unpaired) electrons. The highest BCUT2D eigenvalue weighted by atomic mass is 32.1. The number of aliphatic carboxylic acids is 1. The number of likely N-dealkylation sites (tertiary alicyclic amines) is 1. The number of halogens is 1. The highest BCUT2D eigenvalue weighted by Crippen LogP contribution is 2.35. The zero-order valence-corrected chi connectivity index (χ0v) is 18.2. The minimum Gasteiger partial charge on any atom is -0.480 e. The van der Waals surface area contributed by atoms with Crippen LogP contribution in [0.3, 0.4) is 0 Å². The lowest BCUT2D eigenvalue weighted by atomic mass is 10.00. The van der Waals surface area contributed by atoms with Gasteiger partial charge in [-0.3, -0.25) is 9.59 Å². The molecule has 2 aromatic rings. The van der Waals surface area contributed by atoms with Gasteiger partial charge >= 0.3 is 5.97 Å². The van der Waals surface area contributed by atoms with E-state index in [1.165, 1.54) is 28.4 Å². The minimum atomic E-state index is -1.14. The topological polar surface area (TPSA) is 105 Å². The van der Waals surface area contributed by atoms with Crippen LogP contribution in [0.4, 0.5) is 4.39 Å². The highest BCUT2D eigenvalue weighted by Gasteiger charge is 2.52. The number of nitrogens with one attached hydrogen (secondary N) is 1. The van der Waals surface area contributed by atoms with Crippen LogP contribution in [-0.2, 0) is 19.1 Å². The number of ether oxygens (including phenoxy) is 2. The van der Waals surface area contributed by atoms with Crippen molar-refractivity contribution in [3.8, 4) is 0 Å². The predicted molar refractivity (Wildman–Crippen MR) is 113 cm³/mol. The van der Waals surface area contributed by atoms with Crippen molar-refractivity contribution in [1.29, 1.82) is 0 Å². The van der Waals surface area contributed by atoms with Gasteiger partial charge in [0.2, 0.25) is 5.91 Å². The fourth-order valence-electron chi connectivity index (χ4n) is 4.02. The number of amides is 2. The van der Waals surface area contributed by atoms with Gasteiger partial charge in [0.1, 0.15) is 11.9 Å². The SMILES string of the molecule is CC(c1cccc(F)c1)c1ccc(C(=O)NCC(=O)N2CC3(C[C@H]2C(=O)O)OCCO3)s1. The van der Waals surface area contributed by atoms with Crippen molar-refractivity contribution in [1.82, 2.24) is 10.2 Å². The monoisotopic (exact) mass is 462 g/mol. The average Bonchev–Trinajstić information content (AvgIpc) is 3.52. The minimum absolute atomic E-state index is 0.00692. The van der Waals surface area contributed by atoms with E-state index in [1.807, 2.05) is 13.0 Å². The summed E-state index contributed by atoms with van der Waals surface area (Å²) in [5.74, 6) is -3.60. The molecule has 1 aromatic heterocycles. The molecule has 2 fully saturated rings. The van der Waals surface area contributed by atoms with Crippen LogP contribution in [0.1, 0.15) is 39.4 Å². The summed E-state index contributed by atoms with van der Waals surface area (Å²) >= 11 is 1.26. The number of thiophene rings is 1. The van der Waals surface area contributed by atoms with Crippen LogP contribution in [-0.4, -0.2) is 65.9 Å². The molecule has 1 aromatic carbocycles. The van der Waals surface area contributed by atoms with Crippen molar-refractivity contribution < 1.29 is 33.4 Å². The van der Waals surface area contributed by atoms with E-state index in [9.17, 15) is 23.9 Å². The summed E-state index contributed by atoms with van der Waals surface area (Å²) in [5, 5.41) is 12.0. The van der Waals surface area contributed by atoms with E-state index in [2.05, 4.69) is 5.32 Å². The highest BCUT2D eigenvalue weighted by molar-refractivity contribution is 7.14. The lowest BCUT2D eigenvalue weighted by Gasteiger charge is -2.23. The molecule has 2 N–H and O–H groups in total. The zero-order chi connectivity index (χ0) is 22.9. The van der Waals surface area contributed by atoms with Gasteiger partial charge < -0.3 is 24.8 Å². The van der Waals surface area contributed by atoms with Gasteiger partial charge in [-0.15, -0.1) is 11.3 Å². The van der Waals surface area contributed by atoms with Gasteiger partial charge in [-0.1, -0.05) is 19.1 Å². The van der Waals surface area contributed by atoms with Crippen molar-refractivity contribution in [2.24, 2.45) is 0 Å². The molecule has 0 saturated carbocycles. The molecular formula is C22H23FN2O6S. The average molecular weight is 462 g/mol. The van der Waals surface area contributed by atoms with Gasteiger partial charge in [0, 0.05) is 17.2 Å². The molecule has 2 aliphatic heterocycles. The van der Waals surface area contributed by atoms with Crippen LogP contribution in [0.5, 0.6) is 0 Å². The Balaban J connectivity index is 1.37. The number of benzene rings is 1. The first kappa shape index (κ1) is 22.4. The van der Waals surface area contributed by atoms with Crippen molar-refractivity contribution >= 4 is 29.1 Å². The van der Waals surface area contributed by atoms with Crippen LogP contribution in [0.2, 0.25) is 0 Å². The van der Waals surface area contributed by atoms with E-state index in [1.54, 1.807) is 18.2 Å². The zero-order valence-electron chi connectivity index (χ0n) is 17.4. The number of carbonyl (C=O) groups is 3. The smallest absolute Gasteiger partial charge is 0.326 e. The van der Waals surface area contributed by atoms with Gasteiger partial charge in [0.05, 0.1) is 31.2 Å². The summed E-state index contributed by atoms with van der Waals surface area (Å²) in [6.07, 6.45) is 0.0499. The fourth-order valence-corrected chi connectivity index (χ4v) is 5.02. The van der Waals surface area contributed by atoms with Gasteiger partial charge in [-0.05, 0) is 29.8 Å². The molecule has 2 amide bonds. The first-order valence-electron chi connectivity index (χ1n) is 10.2. The van der Waals surface area contributed by atoms with Crippen LogP contribution in [0.15, 0.2) is 36.4 Å². The second-order valence-electron chi connectivity index (χ2n) is 7.85. The molecule has 170 valence electrons.